The number of ether oxygens (including phenoxy) is 1. The van der Waals surface area contributed by atoms with E-state index in [-0.39, 0.29) is 0 Å². The second kappa shape index (κ2) is 5.35. The Morgan fingerprint density at radius 2 is 1.65 bits per heavy atom. The van der Waals surface area contributed by atoms with Crippen molar-refractivity contribution in [1.82, 2.24) is 0 Å². The first-order chi connectivity index (χ1) is 8.31. The molecule has 0 spiro atoms. The number of methoxy groups -OCH3 is 1. The minimum Gasteiger partial charge on any atom is -0.496 e. The molecule has 0 heterocycles. The second-order valence-electron chi connectivity index (χ2n) is 3.96. The fraction of sp³-hybridized carbons (Fsp3) is 0.125. The third kappa shape index (κ3) is 2.76. The van der Waals surface area contributed by atoms with Crippen LogP contribution in [-0.4, -0.2) is 7.11 Å². The van der Waals surface area contributed by atoms with Gasteiger partial charge in [-0.25, -0.2) is 0 Å². The maximum atomic E-state index is 5.34. The Morgan fingerprint density at radius 1 is 1.00 bits per heavy atom. The molecule has 0 N–H and O–H groups in total. The summed E-state index contributed by atoms with van der Waals surface area (Å²) in [7, 11) is 1.70. The summed E-state index contributed by atoms with van der Waals surface area (Å²) in [6.07, 6.45) is 0.814. The zero-order valence-electron chi connectivity index (χ0n) is 10.0. The van der Waals surface area contributed by atoms with Crippen molar-refractivity contribution in [1.29, 1.82) is 0 Å². The van der Waals surface area contributed by atoms with Gasteiger partial charge >= 0.3 is 0 Å². The molecule has 0 amide bonds. The molecule has 0 saturated carbocycles. The van der Waals surface area contributed by atoms with Crippen LogP contribution in [0.1, 0.15) is 11.1 Å². The molecule has 86 valence electrons. The molecule has 0 aliphatic carbocycles. The van der Waals surface area contributed by atoms with Crippen LogP contribution in [-0.2, 0) is 6.42 Å². The summed E-state index contributed by atoms with van der Waals surface area (Å²) in [5.74, 6) is 0.921. The van der Waals surface area contributed by atoms with E-state index < -0.39 is 0 Å². The van der Waals surface area contributed by atoms with E-state index in [0.29, 0.717) is 0 Å². The lowest BCUT2D eigenvalue weighted by molar-refractivity contribution is 0.411. The van der Waals surface area contributed by atoms with Gasteiger partial charge in [-0.1, -0.05) is 55.1 Å². The predicted molar refractivity (Wildman–Crippen MR) is 72.2 cm³/mol. The van der Waals surface area contributed by atoms with E-state index in [1.807, 2.05) is 36.4 Å². The van der Waals surface area contributed by atoms with Crippen LogP contribution in [0.4, 0.5) is 0 Å². The van der Waals surface area contributed by atoms with Crippen molar-refractivity contribution in [2.45, 2.75) is 6.42 Å². The van der Waals surface area contributed by atoms with Gasteiger partial charge in [-0.3, -0.25) is 0 Å². The minimum atomic E-state index is 0.814. The van der Waals surface area contributed by atoms with E-state index in [0.717, 1.165) is 17.7 Å². The number of benzene rings is 2. The number of allylic oxidation sites excluding steroid dienone is 1. The van der Waals surface area contributed by atoms with Crippen LogP contribution in [0.3, 0.4) is 0 Å². The number of hydrogen-bond donors (Lipinski definition) is 0. The van der Waals surface area contributed by atoms with Crippen LogP contribution in [0.5, 0.6) is 5.75 Å². The van der Waals surface area contributed by atoms with Crippen molar-refractivity contribution in [3.63, 3.8) is 0 Å². The van der Waals surface area contributed by atoms with Crippen molar-refractivity contribution in [3.05, 3.63) is 72.3 Å². The fourth-order valence-corrected chi connectivity index (χ4v) is 1.85. The molecule has 0 bridgehead atoms. The van der Waals surface area contributed by atoms with Gasteiger partial charge in [0.25, 0.3) is 0 Å². The molecule has 0 aromatic heterocycles. The third-order valence-electron chi connectivity index (χ3n) is 2.78. The largest absolute Gasteiger partial charge is 0.496 e. The fourth-order valence-electron chi connectivity index (χ4n) is 1.85. The average Bonchev–Trinajstić information content (AvgIpc) is 2.40. The van der Waals surface area contributed by atoms with E-state index in [2.05, 4.69) is 24.8 Å². The summed E-state index contributed by atoms with van der Waals surface area (Å²) in [5, 5.41) is 0. The van der Waals surface area contributed by atoms with E-state index in [4.69, 9.17) is 4.74 Å². The molecule has 2 rings (SSSR count). The summed E-state index contributed by atoms with van der Waals surface area (Å²) < 4.78 is 5.34. The van der Waals surface area contributed by atoms with Gasteiger partial charge in [0, 0.05) is 6.42 Å². The lowest BCUT2D eigenvalue weighted by Gasteiger charge is -2.10. The molecule has 2 aromatic rings. The Morgan fingerprint density at radius 3 is 2.35 bits per heavy atom. The van der Waals surface area contributed by atoms with E-state index in [1.165, 1.54) is 11.1 Å². The maximum Gasteiger partial charge on any atom is 0.122 e. The Kier molecular flexibility index (Phi) is 3.61. The Balaban J connectivity index is 2.19. The molecule has 0 atom stereocenters. The molecule has 1 heteroatoms. The topological polar surface area (TPSA) is 9.23 Å². The normalized spacial score (nSPS) is 9.94. The highest BCUT2D eigenvalue weighted by Crippen LogP contribution is 2.24. The predicted octanol–water partition coefficient (Wildman–Crippen LogP) is 3.95. The number of para-hydroxylation sites is 1. The van der Waals surface area contributed by atoms with Gasteiger partial charge in [-0.15, -0.1) is 0 Å². The molecule has 0 radical (unpaired) electrons. The van der Waals surface area contributed by atoms with Crippen molar-refractivity contribution in [2.75, 3.05) is 7.11 Å². The summed E-state index contributed by atoms with van der Waals surface area (Å²) in [5.41, 5.74) is 3.46. The van der Waals surface area contributed by atoms with Crippen molar-refractivity contribution < 1.29 is 4.74 Å². The van der Waals surface area contributed by atoms with Gasteiger partial charge in [0.1, 0.15) is 5.75 Å². The van der Waals surface area contributed by atoms with Crippen molar-refractivity contribution in [3.8, 4) is 5.75 Å². The van der Waals surface area contributed by atoms with Crippen LogP contribution < -0.4 is 4.74 Å². The van der Waals surface area contributed by atoms with Gasteiger partial charge in [0.05, 0.1) is 7.11 Å². The van der Waals surface area contributed by atoms with E-state index in [1.54, 1.807) is 7.11 Å². The Labute approximate surface area is 102 Å². The zero-order chi connectivity index (χ0) is 12.1. The molecular weight excluding hydrogens is 208 g/mol. The lowest BCUT2D eigenvalue weighted by atomic mass is 9.99. The smallest absolute Gasteiger partial charge is 0.122 e. The molecule has 2 aromatic carbocycles. The molecule has 0 saturated heterocycles. The number of hydrogen-bond acceptors (Lipinski definition) is 1. The molecule has 0 aliphatic heterocycles. The summed E-state index contributed by atoms with van der Waals surface area (Å²) in [4.78, 5) is 0. The molecular formula is C16H16O. The molecule has 17 heavy (non-hydrogen) atoms. The monoisotopic (exact) mass is 224 g/mol. The zero-order valence-corrected chi connectivity index (χ0v) is 10.0. The highest BCUT2D eigenvalue weighted by atomic mass is 16.5. The molecule has 1 nitrogen and oxygen atoms in total. The van der Waals surface area contributed by atoms with Gasteiger partial charge in [-0.2, -0.15) is 0 Å². The number of rotatable bonds is 4. The molecule has 0 aliphatic rings. The molecule has 0 fully saturated rings. The minimum absolute atomic E-state index is 0.814. The first kappa shape index (κ1) is 11.5. The summed E-state index contributed by atoms with van der Waals surface area (Å²) >= 11 is 0. The summed E-state index contributed by atoms with van der Waals surface area (Å²) in [6, 6.07) is 18.3. The first-order valence-electron chi connectivity index (χ1n) is 5.66. The Bertz CT molecular complexity index is 500. The van der Waals surface area contributed by atoms with Gasteiger partial charge in [-0.05, 0) is 22.8 Å². The SMILES string of the molecule is C=C(Cc1ccccc1OC)c1ccccc1. The van der Waals surface area contributed by atoms with E-state index in [9.17, 15) is 0 Å². The van der Waals surface area contributed by atoms with Crippen LogP contribution in [0.25, 0.3) is 5.57 Å². The van der Waals surface area contributed by atoms with Crippen LogP contribution in [0.15, 0.2) is 61.2 Å². The van der Waals surface area contributed by atoms with Crippen molar-refractivity contribution >= 4 is 5.57 Å². The van der Waals surface area contributed by atoms with Crippen LogP contribution >= 0.6 is 0 Å². The Hall–Kier alpha value is -2.02. The highest BCUT2D eigenvalue weighted by Gasteiger charge is 2.04. The average molecular weight is 224 g/mol. The van der Waals surface area contributed by atoms with Crippen LogP contribution in [0, 0.1) is 0 Å². The molecule has 0 unspecified atom stereocenters. The third-order valence-corrected chi connectivity index (χ3v) is 2.78. The van der Waals surface area contributed by atoms with Gasteiger partial charge < -0.3 is 4.74 Å². The lowest BCUT2D eigenvalue weighted by Crippen LogP contribution is -1.93. The summed E-state index contributed by atoms with van der Waals surface area (Å²) in [6.45, 7) is 4.14. The van der Waals surface area contributed by atoms with E-state index >= 15 is 0 Å². The van der Waals surface area contributed by atoms with Gasteiger partial charge in [0.15, 0.2) is 0 Å². The first-order valence-corrected chi connectivity index (χ1v) is 5.66. The highest BCUT2D eigenvalue weighted by molar-refractivity contribution is 5.66. The standard InChI is InChI=1S/C16H16O/c1-13(14-8-4-3-5-9-14)12-15-10-6-7-11-16(15)17-2/h3-11H,1,12H2,2H3. The van der Waals surface area contributed by atoms with Crippen LogP contribution in [0.2, 0.25) is 0 Å². The second-order valence-corrected chi connectivity index (χ2v) is 3.96. The quantitative estimate of drug-likeness (QED) is 0.764. The maximum absolute atomic E-state index is 5.34. The van der Waals surface area contributed by atoms with Gasteiger partial charge in [0.2, 0.25) is 0 Å². The van der Waals surface area contributed by atoms with Crippen molar-refractivity contribution in [2.24, 2.45) is 0 Å².